The summed E-state index contributed by atoms with van der Waals surface area (Å²) in [4.78, 5) is 4.37. The van der Waals surface area contributed by atoms with Crippen LogP contribution in [0.1, 0.15) is 30.4 Å². The molecule has 0 aromatic carbocycles. The van der Waals surface area contributed by atoms with E-state index in [1.807, 2.05) is 6.92 Å². The van der Waals surface area contributed by atoms with E-state index in [4.69, 9.17) is 5.73 Å². The van der Waals surface area contributed by atoms with Crippen molar-refractivity contribution in [1.29, 1.82) is 0 Å². The molecule has 2 heterocycles. The van der Waals surface area contributed by atoms with Crippen molar-refractivity contribution in [3.05, 3.63) is 17.7 Å². The third kappa shape index (κ3) is 1.05. The minimum Gasteiger partial charge on any atom is -0.333 e. The number of aryl methyl sites for hydroxylation is 2. The van der Waals surface area contributed by atoms with Crippen LogP contribution in [0.15, 0.2) is 6.20 Å². The van der Waals surface area contributed by atoms with E-state index >= 15 is 0 Å². The summed E-state index contributed by atoms with van der Waals surface area (Å²) in [6.07, 6.45) is 4.34. The summed E-state index contributed by atoms with van der Waals surface area (Å²) in [5, 5.41) is 0. The van der Waals surface area contributed by atoms with E-state index < -0.39 is 0 Å². The van der Waals surface area contributed by atoms with Gasteiger partial charge in [-0.2, -0.15) is 0 Å². The van der Waals surface area contributed by atoms with Gasteiger partial charge in [-0.05, 0) is 19.8 Å². The molecule has 1 aliphatic heterocycles. The Kier molecular flexibility index (Phi) is 1.46. The first kappa shape index (κ1) is 6.85. The van der Waals surface area contributed by atoms with Crippen molar-refractivity contribution < 1.29 is 0 Å². The molecule has 1 aliphatic rings. The molecule has 60 valence electrons. The Morgan fingerprint density at radius 2 is 2.55 bits per heavy atom. The Labute approximate surface area is 66.2 Å². The molecule has 0 unspecified atom stereocenters. The molecule has 2 rings (SSSR count). The molecule has 0 bridgehead atoms. The van der Waals surface area contributed by atoms with Crippen LogP contribution in [0.3, 0.4) is 0 Å². The first-order valence-corrected chi connectivity index (χ1v) is 4.06. The van der Waals surface area contributed by atoms with Crippen molar-refractivity contribution in [2.75, 3.05) is 0 Å². The molecule has 0 spiro atoms. The van der Waals surface area contributed by atoms with Gasteiger partial charge in [0.1, 0.15) is 5.82 Å². The van der Waals surface area contributed by atoms with Gasteiger partial charge in [0.25, 0.3) is 0 Å². The Morgan fingerprint density at radius 3 is 3.27 bits per heavy atom. The molecule has 1 aromatic heterocycles. The van der Waals surface area contributed by atoms with Crippen molar-refractivity contribution >= 4 is 0 Å². The van der Waals surface area contributed by atoms with E-state index in [2.05, 4.69) is 15.7 Å². The zero-order valence-corrected chi connectivity index (χ0v) is 6.75. The third-order valence-electron chi connectivity index (χ3n) is 2.17. The second-order valence-electron chi connectivity index (χ2n) is 3.18. The summed E-state index contributed by atoms with van der Waals surface area (Å²) in [5.41, 5.74) is 6.96. The van der Waals surface area contributed by atoms with Crippen LogP contribution >= 0.6 is 0 Å². The lowest BCUT2D eigenvalue weighted by Gasteiger charge is -2.19. The first-order valence-electron chi connectivity index (χ1n) is 4.06. The number of nitrogens with two attached hydrogens (primary N) is 1. The highest BCUT2D eigenvalue weighted by atomic mass is 15.1. The number of hydrogen-bond donors (Lipinski definition) is 1. The maximum absolute atomic E-state index is 5.88. The smallest absolute Gasteiger partial charge is 0.125 e. The monoisotopic (exact) mass is 151 g/mol. The van der Waals surface area contributed by atoms with Gasteiger partial charge in [-0.25, -0.2) is 4.98 Å². The average Bonchev–Trinajstić information content (AvgIpc) is 2.31. The van der Waals surface area contributed by atoms with Gasteiger partial charge in [0.2, 0.25) is 0 Å². The minimum atomic E-state index is 0.164. The van der Waals surface area contributed by atoms with Crippen molar-refractivity contribution in [3.8, 4) is 0 Å². The number of nitrogens with zero attached hydrogens (tertiary/aromatic N) is 2. The number of aromatic nitrogens is 2. The van der Waals surface area contributed by atoms with Gasteiger partial charge in [0, 0.05) is 12.7 Å². The molecule has 3 heteroatoms. The van der Waals surface area contributed by atoms with Crippen molar-refractivity contribution in [1.82, 2.24) is 9.55 Å². The van der Waals surface area contributed by atoms with Gasteiger partial charge in [0.05, 0.1) is 11.7 Å². The van der Waals surface area contributed by atoms with E-state index in [1.54, 1.807) is 0 Å². The van der Waals surface area contributed by atoms with Gasteiger partial charge >= 0.3 is 0 Å². The molecule has 0 aliphatic carbocycles. The molecular formula is C8H13N3. The summed E-state index contributed by atoms with van der Waals surface area (Å²) >= 11 is 0. The highest BCUT2D eigenvalue weighted by Gasteiger charge is 2.17. The second kappa shape index (κ2) is 2.34. The maximum Gasteiger partial charge on any atom is 0.125 e. The molecule has 1 atom stereocenters. The summed E-state index contributed by atoms with van der Waals surface area (Å²) in [5.74, 6) is 1.06. The lowest BCUT2D eigenvalue weighted by atomic mass is 10.1. The summed E-state index contributed by atoms with van der Waals surface area (Å²) in [6, 6.07) is 0.164. The van der Waals surface area contributed by atoms with Crippen LogP contribution < -0.4 is 5.73 Å². The first-order chi connectivity index (χ1) is 5.27. The van der Waals surface area contributed by atoms with Crippen LogP contribution in [-0.4, -0.2) is 9.55 Å². The van der Waals surface area contributed by atoms with Crippen LogP contribution in [-0.2, 0) is 6.54 Å². The Hall–Kier alpha value is -0.830. The molecule has 0 radical (unpaired) electrons. The molecule has 11 heavy (non-hydrogen) atoms. The largest absolute Gasteiger partial charge is 0.333 e. The lowest BCUT2D eigenvalue weighted by molar-refractivity contribution is 0.451. The van der Waals surface area contributed by atoms with E-state index in [1.165, 1.54) is 6.42 Å². The molecule has 1 aromatic rings. The highest BCUT2D eigenvalue weighted by Crippen LogP contribution is 2.21. The fourth-order valence-corrected chi connectivity index (χ4v) is 1.65. The number of imidazole rings is 1. The average molecular weight is 151 g/mol. The quantitative estimate of drug-likeness (QED) is 0.600. The SMILES string of the molecule is Cc1cn2c(n1)[C@@H](N)CCC2. The summed E-state index contributed by atoms with van der Waals surface area (Å²) in [6.45, 7) is 3.10. The van der Waals surface area contributed by atoms with Gasteiger partial charge in [0.15, 0.2) is 0 Å². The second-order valence-corrected chi connectivity index (χ2v) is 3.18. The van der Waals surface area contributed by atoms with Gasteiger partial charge < -0.3 is 10.3 Å². The van der Waals surface area contributed by atoms with E-state index in [0.717, 1.165) is 24.5 Å². The number of hydrogen-bond acceptors (Lipinski definition) is 2. The predicted molar refractivity (Wildman–Crippen MR) is 43.1 cm³/mol. The maximum atomic E-state index is 5.88. The van der Waals surface area contributed by atoms with Crippen molar-refractivity contribution in [2.45, 2.75) is 32.4 Å². The normalized spacial score (nSPS) is 23.3. The highest BCUT2D eigenvalue weighted by molar-refractivity contribution is 5.07. The lowest BCUT2D eigenvalue weighted by Crippen LogP contribution is -2.21. The Morgan fingerprint density at radius 1 is 1.73 bits per heavy atom. The molecule has 0 fully saturated rings. The molecule has 0 saturated heterocycles. The number of rotatable bonds is 0. The Bertz CT molecular complexity index is 264. The predicted octanol–water partition coefficient (Wildman–Crippen LogP) is 0.985. The van der Waals surface area contributed by atoms with Crippen LogP contribution in [0.4, 0.5) is 0 Å². The van der Waals surface area contributed by atoms with Crippen molar-refractivity contribution in [3.63, 3.8) is 0 Å². The zero-order chi connectivity index (χ0) is 7.84. The summed E-state index contributed by atoms with van der Waals surface area (Å²) in [7, 11) is 0. The molecule has 0 saturated carbocycles. The van der Waals surface area contributed by atoms with Crippen LogP contribution in [0.2, 0.25) is 0 Å². The molecule has 3 nitrogen and oxygen atoms in total. The van der Waals surface area contributed by atoms with E-state index in [-0.39, 0.29) is 6.04 Å². The zero-order valence-electron chi connectivity index (χ0n) is 6.75. The fraction of sp³-hybridized carbons (Fsp3) is 0.625. The summed E-state index contributed by atoms with van der Waals surface area (Å²) < 4.78 is 2.17. The van der Waals surface area contributed by atoms with Crippen LogP contribution in [0.25, 0.3) is 0 Å². The van der Waals surface area contributed by atoms with Gasteiger partial charge in [-0.15, -0.1) is 0 Å². The van der Waals surface area contributed by atoms with Gasteiger partial charge in [-0.3, -0.25) is 0 Å². The Balaban J connectivity index is 2.43. The van der Waals surface area contributed by atoms with Crippen LogP contribution in [0.5, 0.6) is 0 Å². The standard InChI is InChI=1S/C8H13N3/c1-6-5-11-4-2-3-7(9)8(11)10-6/h5,7H,2-4,9H2,1H3/t7-/m0/s1. The minimum absolute atomic E-state index is 0.164. The molecule has 0 amide bonds. The van der Waals surface area contributed by atoms with E-state index in [0.29, 0.717) is 0 Å². The molecular weight excluding hydrogens is 138 g/mol. The topological polar surface area (TPSA) is 43.8 Å². The number of fused-ring (bicyclic) bond motifs is 1. The van der Waals surface area contributed by atoms with Crippen LogP contribution in [0, 0.1) is 6.92 Å². The van der Waals surface area contributed by atoms with Gasteiger partial charge in [-0.1, -0.05) is 0 Å². The third-order valence-corrected chi connectivity index (χ3v) is 2.17. The molecule has 2 N–H and O–H groups in total. The fourth-order valence-electron chi connectivity index (χ4n) is 1.65. The van der Waals surface area contributed by atoms with Crippen molar-refractivity contribution in [2.24, 2.45) is 5.73 Å². The van der Waals surface area contributed by atoms with E-state index in [9.17, 15) is 0 Å².